The second kappa shape index (κ2) is 4.94. The van der Waals surface area contributed by atoms with Crippen molar-refractivity contribution in [2.24, 2.45) is 0 Å². The van der Waals surface area contributed by atoms with Gasteiger partial charge in [-0.05, 0) is 32.1 Å². The predicted octanol–water partition coefficient (Wildman–Crippen LogP) is 3.51. The van der Waals surface area contributed by atoms with Crippen molar-refractivity contribution in [1.29, 1.82) is 0 Å². The molecule has 1 nitrogen and oxygen atoms in total. The molecule has 0 saturated heterocycles. The first kappa shape index (κ1) is 12.8. The molecule has 0 bridgehead atoms. The molecule has 1 atom stereocenters. The summed E-state index contributed by atoms with van der Waals surface area (Å²) in [7, 11) is 0. The van der Waals surface area contributed by atoms with Gasteiger partial charge in [0.15, 0.2) is 0 Å². The van der Waals surface area contributed by atoms with Crippen LogP contribution in [0.2, 0.25) is 0 Å². The maximum absolute atomic E-state index is 13.5. The number of hydrogen-bond acceptors (Lipinski definition) is 2. The Bertz CT molecular complexity index is 404. The third-order valence-corrected chi connectivity index (χ3v) is 4.82. The summed E-state index contributed by atoms with van der Waals surface area (Å²) in [6.45, 7) is 2.79. The first-order chi connectivity index (χ1) is 8.06. The third kappa shape index (κ3) is 2.99. The van der Waals surface area contributed by atoms with Gasteiger partial charge in [-0.15, -0.1) is 0 Å². The van der Waals surface area contributed by atoms with E-state index in [4.69, 9.17) is 0 Å². The zero-order valence-corrected chi connectivity index (χ0v) is 10.9. The molecule has 0 radical (unpaired) electrons. The summed E-state index contributed by atoms with van der Waals surface area (Å²) in [5, 5.41) is 3.33. The number of nitrogens with one attached hydrogen (secondary N) is 1. The lowest BCUT2D eigenvalue weighted by atomic mass is 10.1. The number of halogens is 2. The lowest BCUT2D eigenvalue weighted by molar-refractivity contribution is 0.514. The largest absolute Gasteiger partial charge is 0.309 e. The molecule has 1 aliphatic rings. The van der Waals surface area contributed by atoms with Crippen LogP contribution in [-0.2, 0) is 0 Å². The molecule has 0 heterocycles. The van der Waals surface area contributed by atoms with Crippen LogP contribution in [-0.4, -0.2) is 17.5 Å². The first-order valence-electron chi connectivity index (χ1n) is 5.80. The van der Waals surface area contributed by atoms with Crippen molar-refractivity contribution in [2.75, 3.05) is 12.8 Å². The van der Waals surface area contributed by atoms with E-state index in [2.05, 4.69) is 11.6 Å². The minimum atomic E-state index is -0.527. The normalized spacial score (nSPS) is 19.1. The minimum absolute atomic E-state index is 0.0831. The van der Waals surface area contributed by atoms with Crippen LogP contribution in [0.15, 0.2) is 18.2 Å². The lowest BCUT2D eigenvalue weighted by Gasteiger charge is -2.19. The van der Waals surface area contributed by atoms with Crippen LogP contribution in [0.1, 0.15) is 31.4 Å². The van der Waals surface area contributed by atoms with Gasteiger partial charge in [0.2, 0.25) is 0 Å². The van der Waals surface area contributed by atoms with Crippen molar-refractivity contribution in [1.82, 2.24) is 5.32 Å². The average molecular weight is 257 g/mol. The topological polar surface area (TPSA) is 12.0 Å². The summed E-state index contributed by atoms with van der Waals surface area (Å²) >= 11 is 1.87. The molecule has 1 aromatic rings. The monoisotopic (exact) mass is 257 g/mol. The molecule has 0 aliphatic heterocycles. The highest BCUT2D eigenvalue weighted by Gasteiger charge is 2.41. The molecular weight excluding hydrogens is 240 g/mol. The minimum Gasteiger partial charge on any atom is -0.309 e. The molecule has 1 aromatic carbocycles. The van der Waals surface area contributed by atoms with Crippen molar-refractivity contribution in [3.63, 3.8) is 0 Å². The third-order valence-electron chi connectivity index (χ3n) is 3.40. The van der Waals surface area contributed by atoms with Crippen molar-refractivity contribution < 1.29 is 8.78 Å². The van der Waals surface area contributed by atoms with Crippen LogP contribution in [0, 0.1) is 11.6 Å². The Morgan fingerprint density at radius 3 is 2.65 bits per heavy atom. The highest BCUT2D eigenvalue weighted by atomic mass is 32.2. The van der Waals surface area contributed by atoms with Crippen LogP contribution in [0.25, 0.3) is 0 Å². The molecule has 1 saturated carbocycles. The maximum atomic E-state index is 13.5. The fourth-order valence-electron chi connectivity index (χ4n) is 1.89. The predicted molar refractivity (Wildman–Crippen MR) is 68.3 cm³/mol. The van der Waals surface area contributed by atoms with E-state index in [0.29, 0.717) is 10.3 Å². The number of rotatable bonds is 5. The summed E-state index contributed by atoms with van der Waals surface area (Å²) in [5.74, 6) is -1.000. The van der Waals surface area contributed by atoms with Crippen LogP contribution in [0.5, 0.6) is 0 Å². The summed E-state index contributed by atoms with van der Waals surface area (Å²) in [6, 6.07) is 3.67. The molecule has 0 spiro atoms. The van der Waals surface area contributed by atoms with Crippen LogP contribution >= 0.6 is 11.8 Å². The highest BCUT2D eigenvalue weighted by Crippen LogP contribution is 2.46. The van der Waals surface area contributed by atoms with Crippen molar-refractivity contribution in [3.8, 4) is 0 Å². The fraction of sp³-hybridized carbons (Fsp3) is 0.538. The molecule has 0 aromatic heterocycles. The van der Waals surface area contributed by atoms with Crippen molar-refractivity contribution in [3.05, 3.63) is 35.4 Å². The first-order valence-corrected chi connectivity index (χ1v) is 7.02. The molecule has 4 heteroatoms. The van der Waals surface area contributed by atoms with Gasteiger partial charge in [-0.3, -0.25) is 0 Å². The van der Waals surface area contributed by atoms with Gasteiger partial charge >= 0.3 is 0 Å². The highest BCUT2D eigenvalue weighted by molar-refractivity contribution is 8.00. The quantitative estimate of drug-likeness (QED) is 0.866. The molecular formula is C13H17F2NS. The number of benzene rings is 1. The molecule has 1 aliphatic carbocycles. The molecule has 1 unspecified atom stereocenters. The van der Waals surface area contributed by atoms with Gasteiger partial charge in [0, 0.05) is 29.0 Å². The Hall–Kier alpha value is -0.610. The van der Waals surface area contributed by atoms with E-state index in [1.807, 2.05) is 18.7 Å². The average Bonchev–Trinajstić information content (AvgIpc) is 3.07. The van der Waals surface area contributed by atoms with Gasteiger partial charge in [0.05, 0.1) is 0 Å². The Morgan fingerprint density at radius 1 is 1.41 bits per heavy atom. The van der Waals surface area contributed by atoms with Gasteiger partial charge in [-0.1, -0.05) is 6.07 Å². The van der Waals surface area contributed by atoms with E-state index in [1.165, 1.54) is 25.0 Å². The molecule has 1 fully saturated rings. The molecule has 94 valence electrons. The fourth-order valence-corrected chi connectivity index (χ4v) is 2.63. The van der Waals surface area contributed by atoms with Gasteiger partial charge in [0.1, 0.15) is 11.6 Å². The zero-order valence-electron chi connectivity index (χ0n) is 10.1. The second-order valence-corrected chi connectivity index (χ2v) is 5.93. The smallest absolute Gasteiger partial charge is 0.130 e. The Morgan fingerprint density at radius 2 is 2.12 bits per heavy atom. The van der Waals surface area contributed by atoms with E-state index in [9.17, 15) is 8.78 Å². The van der Waals surface area contributed by atoms with Crippen molar-refractivity contribution >= 4 is 11.8 Å². The van der Waals surface area contributed by atoms with Crippen LogP contribution < -0.4 is 5.32 Å². The van der Waals surface area contributed by atoms with E-state index >= 15 is 0 Å². The summed E-state index contributed by atoms with van der Waals surface area (Å²) in [6.07, 6.45) is 4.55. The van der Waals surface area contributed by atoms with Crippen molar-refractivity contribution in [2.45, 2.75) is 30.6 Å². The van der Waals surface area contributed by atoms with E-state index in [1.54, 1.807) is 0 Å². The van der Waals surface area contributed by atoms with Gasteiger partial charge < -0.3 is 5.32 Å². The lowest BCUT2D eigenvalue weighted by Crippen LogP contribution is -2.28. The summed E-state index contributed by atoms with van der Waals surface area (Å²) in [5.41, 5.74) is 0.531. The van der Waals surface area contributed by atoms with Gasteiger partial charge in [-0.25, -0.2) is 8.78 Å². The van der Waals surface area contributed by atoms with E-state index in [-0.39, 0.29) is 6.04 Å². The number of thioether (sulfide) groups is 1. The number of hydrogen-bond donors (Lipinski definition) is 1. The standard InChI is InChI=1S/C13H17F2NS/c1-9(16-8-13(17-2)5-6-13)11-4-3-10(14)7-12(11)15/h3-4,7,9,16H,5-6,8H2,1-2H3. The molecule has 17 heavy (non-hydrogen) atoms. The zero-order chi connectivity index (χ0) is 12.5. The van der Waals surface area contributed by atoms with E-state index < -0.39 is 11.6 Å². The summed E-state index contributed by atoms with van der Waals surface area (Å²) < 4.78 is 26.7. The SMILES string of the molecule is CSC1(CNC(C)c2ccc(F)cc2F)CC1. The molecule has 2 rings (SSSR count). The Balaban J connectivity index is 1.97. The molecule has 1 N–H and O–H groups in total. The van der Waals surface area contributed by atoms with Gasteiger partial charge in [-0.2, -0.15) is 11.8 Å². The van der Waals surface area contributed by atoms with Crippen LogP contribution in [0.4, 0.5) is 8.78 Å². The maximum Gasteiger partial charge on any atom is 0.130 e. The Labute approximate surface area is 105 Å². The molecule has 0 amide bonds. The van der Waals surface area contributed by atoms with Gasteiger partial charge in [0.25, 0.3) is 0 Å². The van der Waals surface area contributed by atoms with E-state index in [0.717, 1.165) is 12.6 Å². The van der Waals surface area contributed by atoms with Crippen LogP contribution in [0.3, 0.4) is 0 Å². The second-order valence-electron chi connectivity index (χ2n) is 4.66. The Kier molecular flexibility index (Phi) is 3.73. The summed E-state index contributed by atoms with van der Waals surface area (Å²) in [4.78, 5) is 0.